The molecule has 1 unspecified atom stereocenters. The Bertz CT molecular complexity index is 401. The smallest absolute Gasteiger partial charge is 0.0638 e. The van der Waals surface area contributed by atoms with Crippen LogP contribution in [0.15, 0.2) is 6.20 Å². The number of likely N-dealkylation sites (tertiary alicyclic amines) is 1. The Morgan fingerprint density at radius 1 is 1.45 bits per heavy atom. The van der Waals surface area contributed by atoms with Crippen LogP contribution < -0.4 is 5.32 Å². The molecule has 1 atom stereocenters. The first-order chi connectivity index (χ1) is 9.10. The first kappa shape index (κ1) is 17.5. The van der Waals surface area contributed by atoms with E-state index in [2.05, 4.69) is 54.0 Å². The quantitative estimate of drug-likeness (QED) is 0.907. The van der Waals surface area contributed by atoms with Gasteiger partial charge in [0.15, 0.2) is 0 Å². The van der Waals surface area contributed by atoms with Gasteiger partial charge in [0.05, 0.1) is 5.69 Å². The van der Waals surface area contributed by atoms with Crippen molar-refractivity contribution >= 4 is 12.4 Å². The topological polar surface area (TPSA) is 33.1 Å². The molecule has 1 fully saturated rings. The van der Waals surface area contributed by atoms with Gasteiger partial charge in [-0.05, 0) is 59.7 Å². The Morgan fingerprint density at radius 3 is 2.80 bits per heavy atom. The molecule has 1 aliphatic heterocycles. The number of hydrogen-bond acceptors (Lipinski definition) is 3. The van der Waals surface area contributed by atoms with Crippen molar-refractivity contribution in [3.05, 3.63) is 17.5 Å². The molecule has 1 N–H and O–H groups in total. The number of rotatable bonds is 5. The molecule has 0 aliphatic carbocycles. The third kappa shape index (κ3) is 4.47. The lowest BCUT2D eigenvalue weighted by molar-refractivity contribution is 0.166. The van der Waals surface area contributed by atoms with E-state index < -0.39 is 0 Å². The lowest BCUT2D eigenvalue weighted by Crippen LogP contribution is -2.38. The van der Waals surface area contributed by atoms with E-state index in [9.17, 15) is 0 Å². The van der Waals surface area contributed by atoms with Gasteiger partial charge in [0.2, 0.25) is 0 Å². The number of halogens is 1. The van der Waals surface area contributed by atoms with Gasteiger partial charge in [0.25, 0.3) is 0 Å². The molecule has 0 radical (unpaired) electrons. The summed E-state index contributed by atoms with van der Waals surface area (Å²) in [4.78, 5) is 2.58. The molecular formula is C15H29ClN4. The molecule has 0 spiro atoms. The third-order valence-corrected chi connectivity index (χ3v) is 4.04. The Labute approximate surface area is 129 Å². The Balaban J connectivity index is 0.00000200. The third-order valence-electron chi connectivity index (χ3n) is 4.04. The summed E-state index contributed by atoms with van der Waals surface area (Å²) < 4.78 is 2.08. The summed E-state index contributed by atoms with van der Waals surface area (Å²) in [5.41, 5.74) is 2.57. The first-order valence-corrected chi connectivity index (χ1v) is 7.51. The molecule has 116 valence electrons. The molecule has 0 bridgehead atoms. The molecule has 0 amide bonds. The van der Waals surface area contributed by atoms with Crippen molar-refractivity contribution in [3.8, 4) is 0 Å². The van der Waals surface area contributed by atoms with Crippen LogP contribution in [0.5, 0.6) is 0 Å². The molecule has 1 aromatic heterocycles. The minimum atomic E-state index is 0. The summed E-state index contributed by atoms with van der Waals surface area (Å²) in [6, 6.07) is 0.450. The van der Waals surface area contributed by atoms with Crippen molar-refractivity contribution in [1.29, 1.82) is 0 Å². The van der Waals surface area contributed by atoms with Gasteiger partial charge in [-0.2, -0.15) is 5.10 Å². The molecule has 0 saturated carbocycles. The fraction of sp³-hybridized carbons (Fsp3) is 0.800. The molecule has 0 aromatic carbocycles. The highest BCUT2D eigenvalue weighted by Gasteiger charge is 2.20. The van der Waals surface area contributed by atoms with Crippen LogP contribution in [0.1, 0.15) is 44.0 Å². The van der Waals surface area contributed by atoms with Gasteiger partial charge >= 0.3 is 0 Å². The summed E-state index contributed by atoms with van der Waals surface area (Å²) in [6.07, 6.45) is 4.91. The molecule has 5 heteroatoms. The molecule has 2 rings (SSSR count). The SMILES string of the molecule is CNCC1CCCN(Cc2cn(C(C)C)nc2C)C1.Cl. The standard InChI is InChI=1S/C15H28N4.ClH/c1-12(2)19-11-15(13(3)17-19)10-18-7-5-6-14(9-18)8-16-4;/h11-12,14,16H,5-10H2,1-4H3;1H. The second-order valence-electron chi connectivity index (χ2n) is 6.11. The van der Waals surface area contributed by atoms with E-state index in [1.165, 1.54) is 37.2 Å². The van der Waals surface area contributed by atoms with Gasteiger partial charge in [0.1, 0.15) is 0 Å². The van der Waals surface area contributed by atoms with Crippen molar-refractivity contribution in [2.45, 2.75) is 46.2 Å². The summed E-state index contributed by atoms with van der Waals surface area (Å²) >= 11 is 0. The number of piperidine rings is 1. The second kappa shape index (κ2) is 8.01. The predicted molar refractivity (Wildman–Crippen MR) is 86.5 cm³/mol. The molecule has 1 saturated heterocycles. The van der Waals surface area contributed by atoms with E-state index in [0.717, 1.165) is 19.0 Å². The van der Waals surface area contributed by atoms with Crippen molar-refractivity contribution in [2.24, 2.45) is 5.92 Å². The van der Waals surface area contributed by atoms with Gasteiger partial charge < -0.3 is 5.32 Å². The van der Waals surface area contributed by atoms with E-state index >= 15 is 0 Å². The molecule has 2 heterocycles. The highest BCUT2D eigenvalue weighted by molar-refractivity contribution is 5.85. The average Bonchev–Trinajstić information content (AvgIpc) is 2.72. The Morgan fingerprint density at radius 2 is 2.20 bits per heavy atom. The van der Waals surface area contributed by atoms with Crippen molar-refractivity contribution in [2.75, 3.05) is 26.7 Å². The van der Waals surface area contributed by atoms with Gasteiger partial charge in [-0.25, -0.2) is 0 Å². The molecule has 20 heavy (non-hydrogen) atoms. The van der Waals surface area contributed by atoms with E-state index in [0.29, 0.717) is 6.04 Å². The van der Waals surface area contributed by atoms with E-state index in [1.807, 2.05) is 0 Å². The van der Waals surface area contributed by atoms with Crippen molar-refractivity contribution in [3.63, 3.8) is 0 Å². The minimum absolute atomic E-state index is 0. The summed E-state index contributed by atoms with van der Waals surface area (Å²) in [7, 11) is 2.05. The van der Waals surface area contributed by atoms with Gasteiger partial charge in [-0.3, -0.25) is 9.58 Å². The Hall–Kier alpha value is -0.580. The molecule has 4 nitrogen and oxygen atoms in total. The highest BCUT2D eigenvalue weighted by atomic mass is 35.5. The number of nitrogens with zero attached hydrogens (tertiary/aromatic N) is 3. The van der Waals surface area contributed by atoms with Crippen LogP contribution in [0.25, 0.3) is 0 Å². The number of nitrogens with one attached hydrogen (secondary N) is 1. The molecule has 1 aliphatic rings. The number of hydrogen-bond donors (Lipinski definition) is 1. The van der Waals surface area contributed by atoms with E-state index in [4.69, 9.17) is 0 Å². The monoisotopic (exact) mass is 300 g/mol. The minimum Gasteiger partial charge on any atom is -0.319 e. The molecular weight excluding hydrogens is 272 g/mol. The average molecular weight is 301 g/mol. The fourth-order valence-corrected chi connectivity index (χ4v) is 2.93. The zero-order valence-corrected chi connectivity index (χ0v) is 14.0. The number of aryl methyl sites for hydroxylation is 1. The summed E-state index contributed by atoms with van der Waals surface area (Å²) in [5.74, 6) is 0.805. The second-order valence-corrected chi connectivity index (χ2v) is 6.11. The van der Waals surface area contributed by atoms with Gasteiger partial charge in [-0.1, -0.05) is 0 Å². The maximum absolute atomic E-state index is 4.61. The molecule has 1 aromatic rings. The first-order valence-electron chi connectivity index (χ1n) is 7.51. The van der Waals surface area contributed by atoms with Crippen LogP contribution in [-0.2, 0) is 6.54 Å². The summed E-state index contributed by atoms with van der Waals surface area (Å²) in [5, 5.41) is 7.92. The van der Waals surface area contributed by atoms with Crippen LogP contribution in [0.4, 0.5) is 0 Å². The maximum Gasteiger partial charge on any atom is 0.0638 e. The lowest BCUT2D eigenvalue weighted by atomic mass is 9.97. The Kier molecular flexibility index (Phi) is 7.00. The van der Waals surface area contributed by atoms with Crippen molar-refractivity contribution < 1.29 is 0 Å². The predicted octanol–water partition coefficient (Wildman–Crippen LogP) is 2.63. The van der Waals surface area contributed by atoms with Gasteiger partial charge in [0, 0.05) is 30.9 Å². The zero-order chi connectivity index (χ0) is 13.8. The maximum atomic E-state index is 4.61. The van der Waals surface area contributed by atoms with Gasteiger partial charge in [-0.15, -0.1) is 12.4 Å². The number of aromatic nitrogens is 2. The van der Waals surface area contributed by atoms with Crippen molar-refractivity contribution in [1.82, 2.24) is 20.0 Å². The van der Waals surface area contributed by atoms with Crippen LogP contribution >= 0.6 is 12.4 Å². The van der Waals surface area contributed by atoms with Crippen LogP contribution in [-0.4, -0.2) is 41.4 Å². The van der Waals surface area contributed by atoms with Crippen LogP contribution in [0.3, 0.4) is 0 Å². The van der Waals surface area contributed by atoms with E-state index in [-0.39, 0.29) is 12.4 Å². The fourth-order valence-electron chi connectivity index (χ4n) is 2.93. The zero-order valence-electron chi connectivity index (χ0n) is 13.2. The summed E-state index contributed by atoms with van der Waals surface area (Å²) in [6.45, 7) is 11.1. The lowest BCUT2D eigenvalue weighted by Gasteiger charge is -2.32. The van der Waals surface area contributed by atoms with E-state index in [1.54, 1.807) is 0 Å². The normalized spacial score (nSPS) is 20.1. The highest BCUT2D eigenvalue weighted by Crippen LogP contribution is 2.19. The largest absolute Gasteiger partial charge is 0.319 e. The van der Waals surface area contributed by atoms with Crippen LogP contribution in [0.2, 0.25) is 0 Å². The van der Waals surface area contributed by atoms with Crippen LogP contribution in [0, 0.1) is 12.8 Å².